The second-order valence-corrected chi connectivity index (χ2v) is 7.81. The van der Waals surface area contributed by atoms with Crippen LogP contribution in [0.3, 0.4) is 0 Å². The number of benzene rings is 2. The molecular weight excluding hydrogens is 520 g/mol. The summed E-state index contributed by atoms with van der Waals surface area (Å²) in [5.74, 6) is 0.486. The first-order chi connectivity index (χ1) is 9.31. The van der Waals surface area contributed by atoms with Gasteiger partial charge in [0.25, 0.3) is 0 Å². The van der Waals surface area contributed by atoms with Gasteiger partial charge in [0.15, 0.2) is 0 Å². The summed E-state index contributed by atoms with van der Waals surface area (Å²) in [5.41, 5.74) is 2.09. The first kappa shape index (κ1) is 16.3. The quantitative estimate of drug-likeness (QED) is 0.479. The predicted octanol–water partition coefficient (Wildman–Crippen LogP) is 6.30. The monoisotopic (exact) mass is 526 g/mol. The van der Waals surface area contributed by atoms with Crippen molar-refractivity contribution in [3.63, 3.8) is 0 Å². The molecule has 0 aliphatic carbocycles. The Labute approximate surface area is 150 Å². The number of halogens is 4. The third-order valence-corrected chi connectivity index (χ3v) is 5.50. The standard InChI is InChI=1S/C14H10Br4O2/c1-6(7-2-9(15)13(19)10(16)3-7)8-4-11(17)14(20)12(18)5-8/h2-6,19-20H,1H3. The molecule has 0 aromatic heterocycles. The molecule has 0 saturated heterocycles. The van der Waals surface area contributed by atoms with Gasteiger partial charge < -0.3 is 10.2 Å². The summed E-state index contributed by atoms with van der Waals surface area (Å²) < 4.78 is 2.58. The minimum Gasteiger partial charge on any atom is -0.506 e. The topological polar surface area (TPSA) is 40.5 Å². The van der Waals surface area contributed by atoms with Crippen molar-refractivity contribution in [2.75, 3.05) is 0 Å². The fourth-order valence-corrected chi connectivity index (χ4v) is 4.31. The molecule has 0 amide bonds. The van der Waals surface area contributed by atoms with Crippen molar-refractivity contribution < 1.29 is 10.2 Å². The van der Waals surface area contributed by atoms with Gasteiger partial charge in [-0.05, 0) is 99.1 Å². The van der Waals surface area contributed by atoms with Gasteiger partial charge in [-0.25, -0.2) is 0 Å². The van der Waals surface area contributed by atoms with E-state index in [1.165, 1.54) is 0 Å². The summed E-state index contributed by atoms with van der Waals surface area (Å²) >= 11 is 13.4. The fourth-order valence-electron chi connectivity index (χ4n) is 1.86. The summed E-state index contributed by atoms with van der Waals surface area (Å²) in [6.45, 7) is 2.07. The highest BCUT2D eigenvalue weighted by molar-refractivity contribution is 9.11. The summed E-state index contributed by atoms with van der Waals surface area (Å²) in [6, 6.07) is 7.55. The lowest BCUT2D eigenvalue weighted by Gasteiger charge is -2.16. The Bertz CT molecular complexity index is 567. The molecule has 2 aromatic rings. The molecule has 0 aliphatic rings. The van der Waals surface area contributed by atoms with Crippen molar-refractivity contribution in [1.82, 2.24) is 0 Å². The summed E-state index contributed by atoms with van der Waals surface area (Å²) in [5, 5.41) is 19.5. The lowest BCUT2D eigenvalue weighted by molar-refractivity contribution is 0.468. The second-order valence-electron chi connectivity index (χ2n) is 4.39. The van der Waals surface area contributed by atoms with Gasteiger partial charge in [0, 0.05) is 5.92 Å². The number of rotatable bonds is 2. The van der Waals surface area contributed by atoms with Gasteiger partial charge in [0.05, 0.1) is 17.9 Å². The van der Waals surface area contributed by atoms with E-state index < -0.39 is 0 Å². The number of aromatic hydroxyl groups is 2. The molecule has 20 heavy (non-hydrogen) atoms. The Hall–Kier alpha value is -0.0400. The SMILES string of the molecule is CC(c1cc(Br)c(O)c(Br)c1)c1cc(Br)c(O)c(Br)c1. The Morgan fingerprint density at radius 2 is 0.950 bits per heavy atom. The first-order valence-corrected chi connectivity index (χ1v) is 8.84. The van der Waals surface area contributed by atoms with Crippen LogP contribution in [0.1, 0.15) is 24.0 Å². The van der Waals surface area contributed by atoms with Gasteiger partial charge in [-0.3, -0.25) is 0 Å². The van der Waals surface area contributed by atoms with Crippen molar-refractivity contribution in [2.45, 2.75) is 12.8 Å². The lowest BCUT2D eigenvalue weighted by Crippen LogP contribution is -1.97. The van der Waals surface area contributed by atoms with Crippen LogP contribution >= 0.6 is 63.7 Å². The zero-order valence-corrected chi connectivity index (χ0v) is 16.6. The molecule has 0 spiro atoms. The van der Waals surface area contributed by atoms with Gasteiger partial charge >= 0.3 is 0 Å². The molecular formula is C14H10Br4O2. The van der Waals surface area contributed by atoms with Crippen LogP contribution in [0.5, 0.6) is 11.5 Å². The number of phenolic OH excluding ortho intramolecular Hbond substituents is 2. The first-order valence-electron chi connectivity index (χ1n) is 5.67. The number of phenols is 2. The maximum absolute atomic E-state index is 9.77. The summed E-state index contributed by atoms with van der Waals surface area (Å²) in [7, 11) is 0. The Kier molecular flexibility index (Phi) is 5.21. The van der Waals surface area contributed by atoms with Crippen molar-refractivity contribution in [3.8, 4) is 11.5 Å². The molecule has 0 heterocycles. The van der Waals surface area contributed by atoms with Crippen LogP contribution in [0, 0.1) is 0 Å². The Balaban J connectivity index is 2.49. The third-order valence-electron chi connectivity index (χ3n) is 3.08. The van der Waals surface area contributed by atoms with Gasteiger partial charge in [0.2, 0.25) is 0 Å². The molecule has 2 nitrogen and oxygen atoms in total. The molecule has 6 heteroatoms. The van der Waals surface area contributed by atoms with E-state index in [0.717, 1.165) is 11.1 Å². The average Bonchev–Trinajstić information content (AvgIpc) is 2.40. The van der Waals surface area contributed by atoms with Crippen LogP contribution in [-0.4, -0.2) is 10.2 Å². The minimum atomic E-state index is 0.108. The van der Waals surface area contributed by atoms with Crippen LogP contribution < -0.4 is 0 Å². The van der Waals surface area contributed by atoms with Crippen LogP contribution in [0.4, 0.5) is 0 Å². The molecule has 0 unspecified atom stereocenters. The highest BCUT2D eigenvalue weighted by Crippen LogP contribution is 2.40. The number of hydrogen-bond donors (Lipinski definition) is 2. The van der Waals surface area contributed by atoms with Crippen LogP contribution in [0.25, 0.3) is 0 Å². The molecule has 0 fully saturated rings. The van der Waals surface area contributed by atoms with E-state index >= 15 is 0 Å². The van der Waals surface area contributed by atoms with Crippen molar-refractivity contribution in [2.24, 2.45) is 0 Å². The van der Waals surface area contributed by atoms with E-state index in [1.807, 2.05) is 24.3 Å². The maximum atomic E-state index is 9.77. The highest BCUT2D eigenvalue weighted by atomic mass is 79.9. The Morgan fingerprint density at radius 3 is 1.20 bits per heavy atom. The van der Waals surface area contributed by atoms with E-state index in [9.17, 15) is 10.2 Å². The van der Waals surface area contributed by atoms with E-state index in [2.05, 4.69) is 70.6 Å². The van der Waals surface area contributed by atoms with Gasteiger partial charge in [0.1, 0.15) is 11.5 Å². The molecule has 0 saturated carbocycles. The molecule has 0 bridgehead atoms. The van der Waals surface area contributed by atoms with Gasteiger partial charge in [-0.1, -0.05) is 6.92 Å². The zero-order valence-electron chi connectivity index (χ0n) is 10.3. The number of hydrogen-bond acceptors (Lipinski definition) is 2. The molecule has 2 rings (SSSR count). The minimum absolute atomic E-state index is 0.108. The van der Waals surface area contributed by atoms with Crippen molar-refractivity contribution >= 4 is 63.7 Å². The van der Waals surface area contributed by atoms with Crippen LogP contribution in [0.15, 0.2) is 42.2 Å². The van der Waals surface area contributed by atoms with E-state index in [4.69, 9.17) is 0 Å². The molecule has 2 aromatic carbocycles. The molecule has 106 valence electrons. The highest BCUT2D eigenvalue weighted by Gasteiger charge is 2.15. The largest absolute Gasteiger partial charge is 0.506 e. The predicted molar refractivity (Wildman–Crippen MR) is 94.5 cm³/mol. The van der Waals surface area contributed by atoms with Gasteiger partial charge in [-0.2, -0.15) is 0 Å². The lowest BCUT2D eigenvalue weighted by atomic mass is 9.93. The van der Waals surface area contributed by atoms with Crippen LogP contribution in [0.2, 0.25) is 0 Å². The summed E-state index contributed by atoms with van der Waals surface area (Å²) in [6.07, 6.45) is 0. The summed E-state index contributed by atoms with van der Waals surface area (Å²) in [4.78, 5) is 0. The smallest absolute Gasteiger partial charge is 0.143 e. The van der Waals surface area contributed by atoms with E-state index in [1.54, 1.807) is 0 Å². The second kappa shape index (κ2) is 6.38. The molecule has 2 N–H and O–H groups in total. The molecule has 0 radical (unpaired) electrons. The van der Waals surface area contributed by atoms with Crippen molar-refractivity contribution in [3.05, 3.63) is 53.3 Å². The van der Waals surface area contributed by atoms with E-state index in [-0.39, 0.29) is 17.4 Å². The molecule has 0 aliphatic heterocycles. The fraction of sp³-hybridized carbons (Fsp3) is 0.143. The maximum Gasteiger partial charge on any atom is 0.143 e. The Morgan fingerprint density at radius 1 is 0.700 bits per heavy atom. The van der Waals surface area contributed by atoms with Gasteiger partial charge in [-0.15, -0.1) is 0 Å². The van der Waals surface area contributed by atoms with Crippen LogP contribution in [-0.2, 0) is 0 Å². The van der Waals surface area contributed by atoms with Crippen molar-refractivity contribution in [1.29, 1.82) is 0 Å². The molecule has 0 atom stereocenters. The average molecular weight is 530 g/mol. The third kappa shape index (κ3) is 3.24. The normalized spacial score (nSPS) is 11.1. The zero-order chi connectivity index (χ0) is 15.0. The van der Waals surface area contributed by atoms with E-state index in [0.29, 0.717) is 17.9 Å².